The van der Waals surface area contributed by atoms with Crippen molar-refractivity contribution in [1.82, 2.24) is 19.3 Å². The summed E-state index contributed by atoms with van der Waals surface area (Å²) in [6.45, 7) is 18.1. The molecule has 7 aromatic rings. The molecule has 0 unspecified atom stereocenters. The summed E-state index contributed by atoms with van der Waals surface area (Å²) < 4.78 is 24.4. The molecule has 5 nitrogen and oxygen atoms in total. The van der Waals surface area contributed by atoms with Crippen molar-refractivity contribution in [2.75, 3.05) is 0 Å². The maximum absolute atomic E-state index is 14.3. The van der Waals surface area contributed by atoms with Gasteiger partial charge in [-0.05, 0) is 75.7 Å². The Morgan fingerprint density at radius 2 is 1.45 bits per heavy atom. The van der Waals surface area contributed by atoms with Gasteiger partial charge in [0.05, 0.1) is 6.20 Å². The minimum Gasteiger partial charge on any atom is -0.509 e. The molecule has 4 aromatic carbocycles. The van der Waals surface area contributed by atoms with Gasteiger partial charge in [0, 0.05) is 41.0 Å². The largest absolute Gasteiger partial charge is 2.00 e. The summed E-state index contributed by atoms with van der Waals surface area (Å²) >= 11 is 0. The van der Waals surface area contributed by atoms with Crippen molar-refractivity contribution in [3.05, 3.63) is 132 Å². The van der Waals surface area contributed by atoms with Crippen LogP contribution in [0.1, 0.15) is 63.8 Å². The molecule has 7 heteroatoms. The fraction of sp³-hybridized carbons (Fsp3) is 0.238. The van der Waals surface area contributed by atoms with E-state index < -0.39 is 0 Å². The molecule has 0 aliphatic rings. The first kappa shape index (κ1) is 34.3. The molecule has 0 saturated heterocycles. The van der Waals surface area contributed by atoms with E-state index in [2.05, 4.69) is 84.8 Å². The number of rotatable bonds is 5. The van der Waals surface area contributed by atoms with Crippen LogP contribution in [-0.4, -0.2) is 19.3 Å². The molecule has 3 heterocycles. The number of aryl methyl sites for hydroxylation is 2. The molecular formula is C42H39FN4OPt. The van der Waals surface area contributed by atoms with Gasteiger partial charge >= 0.3 is 21.1 Å². The second-order valence-corrected chi connectivity index (χ2v) is 14.6. The van der Waals surface area contributed by atoms with E-state index in [4.69, 9.17) is 9.84 Å². The summed E-state index contributed by atoms with van der Waals surface area (Å²) in [4.78, 5) is 4.46. The number of fused-ring (bicyclic) bond motifs is 3. The average molecular weight is 830 g/mol. The molecule has 0 atom stereocenters. The first-order chi connectivity index (χ1) is 22.8. The van der Waals surface area contributed by atoms with Crippen molar-refractivity contribution in [3.8, 4) is 34.1 Å². The van der Waals surface area contributed by atoms with Crippen molar-refractivity contribution >= 4 is 21.8 Å². The van der Waals surface area contributed by atoms with Crippen LogP contribution in [0.3, 0.4) is 0 Å². The Hall–Kier alpha value is -4.54. The molecule has 49 heavy (non-hydrogen) atoms. The van der Waals surface area contributed by atoms with Gasteiger partial charge in [-0.15, -0.1) is 35.7 Å². The SMILES string of the molecule is Cc1cc(C)c(C(C)(C)C)c(-c2cnn(-c3[c-]c(Oc4[c-]c5c(cc4)c4ccccc4n5-c4cc(F)ccn4)ccc3)c2)c1C(C)(C)C.[Pt+2]. The van der Waals surface area contributed by atoms with Gasteiger partial charge in [0.15, 0.2) is 0 Å². The number of nitrogens with zero attached hydrogens (tertiary/aromatic N) is 4. The molecule has 3 aromatic heterocycles. The Kier molecular flexibility index (Phi) is 8.92. The number of ether oxygens (including phenoxy) is 1. The average Bonchev–Trinajstić information content (AvgIpc) is 3.63. The zero-order valence-electron chi connectivity index (χ0n) is 29.1. The van der Waals surface area contributed by atoms with Gasteiger partial charge in [-0.25, -0.2) is 9.37 Å². The van der Waals surface area contributed by atoms with Gasteiger partial charge in [0.1, 0.15) is 11.6 Å². The quantitative estimate of drug-likeness (QED) is 0.162. The molecule has 0 bridgehead atoms. The minimum atomic E-state index is -0.353. The van der Waals surface area contributed by atoms with Crippen molar-refractivity contribution in [3.63, 3.8) is 0 Å². The molecule has 0 saturated carbocycles. The fourth-order valence-electron chi connectivity index (χ4n) is 7.23. The third-order valence-corrected chi connectivity index (χ3v) is 8.81. The summed E-state index contributed by atoms with van der Waals surface area (Å²) in [5.74, 6) is 1.17. The Bertz CT molecular complexity index is 2300. The van der Waals surface area contributed by atoms with Gasteiger partial charge in [-0.2, -0.15) is 17.2 Å². The normalized spacial score (nSPS) is 12.0. The summed E-state index contributed by atoms with van der Waals surface area (Å²) in [6, 6.07) is 29.6. The molecule has 7 rings (SSSR count). The number of benzene rings is 4. The van der Waals surface area contributed by atoms with E-state index in [1.54, 1.807) is 0 Å². The number of para-hydroxylation sites is 1. The van der Waals surface area contributed by atoms with E-state index in [0.717, 1.165) is 33.1 Å². The van der Waals surface area contributed by atoms with Crippen LogP contribution >= 0.6 is 0 Å². The molecule has 250 valence electrons. The number of hydrogen-bond donors (Lipinski definition) is 0. The smallest absolute Gasteiger partial charge is 0.509 e. The second kappa shape index (κ2) is 12.7. The predicted molar refractivity (Wildman–Crippen MR) is 192 cm³/mol. The Morgan fingerprint density at radius 3 is 2.14 bits per heavy atom. The van der Waals surface area contributed by atoms with E-state index in [9.17, 15) is 4.39 Å². The van der Waals surface area contributed by atoms with Crippen molar-refractivity contribution in [2.24, 2.45) is 0 Å². The van der Waals surface area contributed by atoms with Gasteiger partial charge < -0.3 is 9.30 Å². The van der Waals surface area contributed by atoms with E-state index in [-0.39, 0.29) is 37.7 Å². The third-order valence-electron chi connectivity index (χ3n) is 8.81. The van der Waals surface area contributed by atoms with Gasteiger partial charge in [-0.1, -0.05) is 71.3 Å². The predicted octanol–water partition coefficient (Wildman–Crippen LogP) is 10.8. The van der Waals surface area contributed by atoms with Crippen LogP contribution in [-0.2, 0) is 31.9 Å². The maximum atomic E-state index is 14.3. The molecule has 0 fully saturated rings. The van der Waals surface area contributed by atoms with Crippen LogP contribution in [0.25, 0.3) is 44.4 Å². The van der Waals surface area contributed by atoms with Crippen molar-refractivity contribution in [2.45, 2.75) is 66.2 Å². The van der Waals surface area contributed by atoms with E-state index in [1.807, 2.05) is 70.0 Å². The third kappa shape index (κ3) is 6.35. The molecule has 0 aliphatic carbocycles. The molecular weight excluding hydrogens is 791 g/mol. The molecule has 0 aliphatic heterocycles. The topological polar surface area (TPSA) is 44.9 Å². The van der Waals surface area contributed by atoms with Gasteiger partial charge in [0.25, 0.3) is 0 Å². The van der Waals surface area contributed by atoms with E-state index in [0.29, 0.717) is 17.3 Å². The Labute approximate surface area is 302 Å². The summed E-state index contributed by atoms with van der Waals surface area (Å²) in [5.41, 5.74) is 9.92. The summed E-state index contributed by atoms with van der Waals surface area (Å²) in [7, 11) is 0. The van der Waals surface area contributed by atoms with Crippen LogP contribution in [0.2, 0.25) is 0 Å². The molecule has 0 amide bonds. The van der Waals surface area contributed by atoms with Gasteiger partial charge in [0.2, 0.25) is 0 Å². The van der Waals surface area contributed by atoms with E-state index >= 15 is 0 Å². The monoisotopic (exact) mass is 829 g/mol. The number of hydrogen-bond acceptors (Lipinski definition) is 3. The maximum Gasteiger partial charge on any atom is 2.00 e. The van der Waals surface area contributed by atoms with Crippen LogP contribution in [0.5, 0.6) is 11.5 Å². The molecule has 0 spiro atoms. The van der Waals surface area contributed by atoms with Crippen LogP contribution < -0.4 is 4.74 Å². The number of aromatic nitrogens is 4. The molecule has 0 radical (unpaired) electrons. The first-order valence-electron chi connectivity index (χ1n) is 16.3. The summed E-state index contributed by atoms with van der Waals surface area (Å²) in [6.07, 6.45) is 5.53. The molecule has 0 N–H and O–H groups in total. The first-order valence-corrected chi connectivity index (χ1v) is 16.3. The standard InChI is InChI=1S/C42H39FN4O.Pt/c1-26-20-27(2)40(42(6,7)8)38(39(26)41(3,4)5)28-24-45-46(25-28)30-12-11-13-31(22-30)48-32-16-17-34-33-14-9-10-15-35(33)47(36(34)23-32)37-21-29(43)18-19-44-37;/h9-21,24-25H,1-8H3;/q-2;+2. The van der Waals surface area contributed by atoms with Crippen LogP contribution in [0.4, 0.5) is 4.39 Å². The Balaban J connectivity index is 0.00000417. The number of halogens is 1. The zero-order valence-corrected chi connectivity index (χ0v) is 31.3. The van der Waals surface area contributed by atoms with Gasteiger partial charge in [-0.3, -0.25) is 4.68 Å². The van der Waals surface area contributed by atoms with Crippen molar-refractivity contribution < 1.29 is 30.2 Å². The number of pyridine rings is 1. The van der Waals surface area contributed by atoms with Crippen molar-refractivity contribution in [1.29, 1.82) is 0 Å². The zero-order chi connectivity index (χ0) is 34.0. The minimum absolute atomic E-state index is 0. The Morgan fingerprint density at radius 1 is 0.755 bits per heavy atom. The fourth-order valence-corrected chi connectivity index (χ4v) is 7.23. The second-order valence-electron chi connectivity index (χ2n) is 14.6. The van der Waals surface area contributed by atoms with Crippen LogP contribution in [0, 0.1) is 31.8 Å². The van der Waals surface area contributed by atoms with Crippen LogP contribution in [0.15, 0.2) is 91.4 Å². The summed E-state index contributed by atoms with van der Waals surface area (Å²) in [5, 5.41) is 6.81. The van der Waals surface area contributed by atoms with E-state index in [1.165, 1.54) is 46.1 Å².